The van der Waals surface area contributed by atoms with Crippen molar-refractivity contribution in [3.8, 4) is 0 Å². The van der Waals surface area contributed by atoms with E-state index in [1.54, 1.807) is 6.92 Å². The first kappa shape index (κ1) is 13.5. The van der Waals surface area contributed by atoms with E-state index in [-0.39, 0.29) is 5.97 Å². The highest BCUT2D eigenvalue weighted by Gasteiger charge is 2.04. The standard InChI is InChI=1S/C15H20O2/c1-4-5-10-17-15(16)13(3)11-14-8-6-12(2)7-9-14/h6-9,11H,4-5,10H2,1-3H3/b13-11+. The average Bonchev–Trinajstić information content (AvgIpc) is 2.32. The summed E-state index contributed by atoms with van der Waals surface area (Å²) in [7, 11) is 0. The van der Waals surface area contributed by atoms with Crippen molar-refractivity contribution in [2.24, 2.45) is 0 Å². The Morgan fingerprint density at radius 2 is 1.94 bits per heavy atom. The SMILES string of the molecule is CCCCOC(=O)/C(C)=C/c1ccc(C)cc1. The van der Waals surface area contributed by atoms with Crippen LogP contribution >= 0.6 is 0 Å². The predicted molar refractivity (Wildman–Crippen MR) is 70.7 cm³/mol. The first-order valence-electron chi connectivity index (χ1n) is 6.05. The molecule has 92 valence electrons. The Balaban J connectivity index is 2.59. The quantitative estimate of drug-likeness (QED) is 0.439. The molecule has 1 rings (SSSR count). The van der Waals surface area contributed by atoms with E-state index in [0.717, 1.165) is 18.4 Å². The Morgan fingerprint density at radius 1 is 1.29 bits per heavy atom. The smallest absolute Gasteiger partial charge is 0.333 e. The molecule has 0 heterocycles. The van der Waals surface area contributed by atoms with Crippen molar-refractivity contribution in [3.63, 3.8) is 0 Å². The van der Waals surface area contributed by atoms with Gasteiger partial charge in [-0.05, 0) is 31.9 Å². The van der Waals surface area contributed by atoms with Crippen molar-refractivity contribution in [3.05, 3.63) is 41.0 Å². The monoisotopic (exact) mass is 232 g/mol. The van der Waals surface area contributed by atoms with Gasteiger partial charge in [-0.1, -0.05) is 43.2 Å². The fourth-order valence-electron chi connectivity index (χ4n) is 1.39. The number of esters is 1. The molecule has 0 radical (unpaired) electrons. The van der Waals surface area contributed by atoms with Crippen LogP contribution in [0, 0.1) is 6.92 Å². The van der Waals surface area contributed by atoms with Gasteiger partial charge >= 0.3 is 5.97 Å². The maximum Gasteiger partial charge on any atom is 0.333 e. The molecule has 0 aromatic heterocycles. The van der Waals surface area contributed by atoms with E-state index in [2.05, 4.69) is 6.92 Å². The molecule has 0 fully saturated rings. The van der Waals surface area contributed by atoms with Crippen LogP contribution in [0.25, 0.3) is 6.08 Å². The molecule has 0 amide bonds. The number of aryl methyl sites for hydroxylation is 1. The fourth-order valence-corrected chi connectivity index (χ4v) is 1.39. The molecule has 0 spiro atoms. The van der Waals surface area contributed by atoms with Gasteiger partial charge in [0.05, 0.1) is 6.61 Å². The zero-order chi connectivity index (χ0) is 12.7. The second kappa shape index (κ2) is 6.89. The van der Waals surface area contributed by atoms with Crippen LogP contribution in [0.2, 0.25) is 0 Å². The molecule has 17 heavy (non-hydrogen) atoms. The molecule has 2 nitrogen and oxygen atoms in total. The third kappa shape index (κ3) is 4.85. The number of unbranched alkanes of at least 4 members (excludes halogenated alkanes) is 1. The highest BCUT2D eigenvalue weighted by molar-refractivity contribution is 5.92. The van der Waals surface area contributed by atoms with Crippen LogP contribution in [0.1, 0.15) is 37.8 Å². The van der Waals surface area contributed by atoms with E-state index in [1.807, 2.05) is 37.3 Å². The molecule has 0 atom stereocenters. The lowest BCUT2D eigenvalue weighted by Gasteiger charge is -2.04. The largest absolute Gasteiger partial charge is 0.462 e. The fraction of sp³-hybridized carbons (Fsp3) is 0.400. The minimum absolute atomic E-state index is 0.223. The van der Waals surface area contributed by atoms with Crippen LogP contribution in [0.4, 0.5) is 0 Å². The van der Waals surface area contributed by atoms with Gasteiger partial charge in [0.1, 0.15) is 0 Å². The highest BCUT2D eigenvalue weighted by atomic mass is 16.5. The highest BCUT2D eigenvalue weighted by Crippen LogP contribution is 2.09. The second-order valence-electron chi connectivity index (χ2n) is 4.23. The molecule has 0 aliphatic rings. The summed E-state index contributed by atoms with van der Waals surface area (Å²) in [4.78, 5) is 11.6. The molecule has 0 unspecified atom stereocenters. The molecule has 1 aromatic rings. The Morgan fingerprint density at radius 3 is 2.53 bits per heavy atom. The third-order valence-electron chi connectivity index (χ3n) is 2.51. The summed E-state index contributed by atoms with van der Waals surface area (Å²) >= 11 is 0. The number of hydrogen-bond acceptors (Lipinski definition) is 2. The van der Waals surface area contributed by atoms with Crippen molar-refractivity contribution in [1.82, 2.24) is 0 Å². The van der Waals surface area contributed by atoms with Crippen molar-refractivity contribution >= 4 is 12.0 Å². The summed E-state index contributed by atoms with van der Waals surface area (Å²) < 4.78 is 5.13. The van der Waals surface area contributed by atoms with Crippen molar-refractivity contribution in [1.29, 1.82) is 0 Å². The van der Waals surface area contributed by atoms with Gasteiger partial charge in [-0.15, -0.1) is 0 Å². The van der Waals surface area contributed by atoms with Crippen molar-refractivity contribution < 1.29 is 9.53 Å². The number of rotatable bonds is 5. The zero-order valence-corrected chi connectivity index (χ0v) is 10.8. The summed E-state index contributed by atoms with van der Waals surface area (Å²) in [6.45, 7) is 6.41. The minimum Gasteiger partial charge on any atom is -0.462 e. The number of benzene rings is 1. The van der Waals surface area contributed by atoms with E-state index >= 15 is 0 Å². The van der Waals surface area contributed by atoms with Gasteiger partial charge in [0.25, 0.3) is 0 Å². The maximum atomic E-state index is 11.6. The van der Waals surface area contributed by atoms with Gasteiger partial charge in [-0.25, -0.2) is 4.79 Å². The molecular weight excluding hydrogens is 212 g/mol. The predicted octanol–water partition coefficient (Wildman–Crippen LogP) is 3.74. The molecular formula is C15H20O2. The number of hydrogen-bond donors (Lipinski definition) is 0. The number of ether oxygens (including phenoxy) is 1. The summed E-state index contributed by atoms with van der Waals surface area (Å²) in [5, 5.41) is 0. The van der Waals surface area contributed by atoms with Gasteiger partial charge in [0.15, 0.2) is 0 Å². The van der Waals surface area contributed by atoms with Crippen molar-refractivity contribution in [2.45, 2.75) is 33.6 Å². The molecule has 0 saturated heterocycles. The van der Waals surface area contributed by atoms with Crippen LogP contribution in [-0.4, -0.2) is 12.6 Å². The van der Waals surface area contributed by atoms with Gasteiger partial charge in [0.2, 0.25) is 0 Å². The van der Waals surface area contributed by atoms with E-state index < -0.39 is 0 Å². The van der Waals surface area contributed by atoms with Gasteiger partial charge < -0.3 is 4.74 Å². The lowest BCUT2D eigenvalue weighted by atomic mass is 10.1. The Hall–Kier alpha value is -1.57. The molecule has 0 saturated carbocycles. The van der Waals surface area contributed by atoms with Crippen LogP contribution in [0.5, 0.6) is 0 Å². The first-order chi connectivity index (χ1) is 8.13. The van der Waals surface area contributed by atoms with E-state index in [0.29, 0.717) is 12.2 Å². The summed E-state index contributed by atoms with van der Waals surface area (Å²) in [5.74, 6) is -0.223. The van der Waals surface area contributed by atoms with Crippen LogP contribution < -0.4 is 0 Å². The number of carbonyl (C=O) groups is 1. The maximum absolute atomic E-state index is 11.6. The second-order valence-corrected chi connectivity index (χ2v) is 4.23. The molecule has 0 aliphatic heterocycles. The zero-order valence-electron chi connectivity index (χ0n) is 10.8. The normalized spacial score (nSPS) is 11.4. The molecule has 1 aromatic carbocycles. The van der Waals surface area contributed by atoms with Gasteiger partial charge in [0, 0.05) is 5.57 Å². The van der Waals surface area contributed by atoms with Crippen molar-refractivity contribution in [2.75, 3.05) is 6.61 Å². The van der Waals surface area contributed by atoms with E-state index in [4.69, 9.17) is 4.74 Å². The summed E-state index contributed by atoms with van der Waals surface area (Å²) in [5.41, 5.74) is 2.89. The lowest BCUT2D eigenvalue weighted by molar-refractivity contribution is -0.138. The van der Waals surface area contributed by atoms with E-state index in [1.165, 1.54) is 5.56 Å². The van der Waals surface area contributed by atoms with Crippen LogP contribution in [0.3, 0.4) is 0 Å². The van der Waals surface area contributed by atoms with E-state index in [9.17, 15) is 4.79 Å². The lowest BCUT2D eigenvalue weighted by Crippen LogP contribution is -2.06. The first-order valence-corrected chi connectivity index (χ1v) is 6.05. The van der Waals surface area contributed by atoms with Crippen LogP contribution in [-0.2, 0) is 9.53 Å². The Bertz CT molecular complexity index is 388. The molecule has 0 aliphatic carbocycles. The number of carbonyl (C=O) groups excluding carboxylic acids is 1. The minimum atomic E-state index is -0.223. The molecule has 0 bridgehead atoms. The van der Waals surface area contributed by atoms with Gasteiger partial charge in [-0.2, -0.15) is 0 Å². The Labute approximate surface area is 103 Å². The summed E-state index contributed by atoms with van der Waals surface area (Å²) in [6.07, 6.45) is 3.81. The summed E-state index contributed by atoms with van der Waals surface area (Å²) in [6, 6.07) is 8.05. The Kier molecular flexibility index (Phi) is 5.47. The average molecular weight is 232 g/mol. The molecule has 2 heteroatoms. The van der Waals surface area contributed by atoms with Gasteiger partial charge in [-0.3, -0.25) is 0 Å². The van der Waals surface area contributed by atoms with Crippen LogP contribution in [0.15, 0.2) is 29.8 Å². The third-order valence-corrected chi connectivity index (χ3v) is 2.51. The molecule has 0 N–H and O–H groups in total. The topological polar surface area (TPSA) is 26.3 Å².